The van der Waals surface area contributed by atoms with E-state index in [1.807, 2.05) is 32.9 Å². The number of furan rings is 1. The number of amides is 3. The minimum Gasteiger partial charge on any atom is -0.487 e. The number of carboxylic acids is 1. The van der Waals surface area contributed by atoms with Gasteiger partial charge < -0.3 is 24.5 Å². The number of hydrogen-bond acceptors (Lipinski definition) is 7. The van der Waals surface area contributed by atoms with E-state index in [4.69, 9.17) is 25.7 Å². The Balaban J connectivity index is 1.69. The summed E-state index contributed by atoms with van der Waals surface area (Å²) in [6.45, 7) is 5.98. The SMILES string of the molecule is CC(C)(C)Oc1cc(C(=O)CC(=O)O)ccc1C1=N[C@@H](c2ccc(Cl)cc2)[C@@H](c2ccoc2)N1C(=O)N1CCNC(=O)C1. The quantitative estimate of drug-likeness (QED) is 0.289. The van der Waals surface area contributed by atoms with Crippen LogP contribution in [0.1, 0.15) is 66.3 Å². The third-order valence-electron chi connectivity index (χ3n) is 6.95. The number of ketones is 1. The Kier molecular flexibility index (Phi) is 8.27. The lowest BCUT2D eigenvalue weighted by Gasteiger charge is -2.35. The van der Waals surface area contributed by atoms with Crippen molar-refractivity contribution in [3.63, 3.8) is 0 Å². The monoisotopic (exact) mass is 606 g/mol. The fourth-order valence-corrected chi connectivity index (χ4v) is 5.25. The van der Waals surface area contributed by atoms with Gasteiger partial charge in [-0.3, -0.25) is 24.3 Å². The number of nitrogens with zero attached hydrogens (tertiary/aromatic N) is 3. The second-order valence-electron chi connectivity index (χ2n) is 11.3. The lowest BCUT2D eigenvalue weighted by atomic mass is 9.95. The molecule has 2 atom stereocenters. The number of aliphatic carboxylic acids is 1. The Labute approximate surface area is 253 Å². The van der Waals surface area contributed by atoms with E-state index in [0.29, 0.717) is 29.2 Å². The number of ether oxygens (including phenoxy) is 1. The second kappa shape index (κ2) is 11.9. The van der Waals surface area contributed by atoms with E-state index in [0.717, 1.165) is 5.56 Å². The highest BCUT2D eigenvalue weighted by molar-refractivity contribution is 6.30. The summed E-state index contributed by atoms with van der Waals surface area (Å²) in [4.78, 5) is 58.6. The number of carbonyl (C=O) groups is 4. The number of amidine groups is 1. The predicted molar refractivity (Wildman–Crippen MR) is 157 cm³/mol. The van der Waals surface area contributed by atoms with E-state index >= 15 is 0 Å². The molecule has 2 N–H and O–H groups in total. The average Bonchev–Trinajstić information content (AvgIpc) is 3.60. The molecule has 0 aliphatic carbocycles. The number of halogens is 1. The summed E-state index contributed by atoms with van der Waals surface area (Å²) >= 11 is 6.19. The van der Waals surface area contributed by atoms with Crippen LogP contribution < -0.4 is 10.1 Å². The molecule has 0 saturated carbocycles. The molecule has 0 spiro atoms. The van der Waals surface area contributed by atoms with Gasteiger partial charge >= 0.3 is 12.0 Å². The molecule has 2 aliphatic heterocycles. The molecule has 3 heterocycles. The van der Waals surface area contributed by atoms with Gasteiger partial charge in [0.15, 0.2) is 5.78 Å². The van der Waals surface area contributed by atoms with Crippen molar-refractivity contribution in [1.29, 1.82) is 0 Å². The van der Waals surface area contributed by atoms with Gasteiger partial charge in [0.25, 0.3) is 0 Å². The summed E-state index contributed by atoms with van der Waals surface area (Å²) in [5.41, 5.74) is 1.31. The molecule has 0 radical (unpaired) electrons. The number of aliphatic imine (C=N–C) groups is 1. The molecule has 1 aromatic heterocycles. The van der Waals surface area contributed by atoms with Crippen LogP contribution in [0.5, 0.6) is 5.75 Å². The average molecular weight is 607 g/mol. The number of benzene rings is 2. The van der Waals surface area contributed by atoms with E-state index in [1.54, 1.807) is 30.5 Å². The van der Waals surface area contributed by atoms with Crippen LogP contribution in [-0.2, 0) is 9.59 Å². The Hall–Kier alpha value is -4.64. The minimum atomic E-state index is -1.25. The molecule has 2 aliphatic rings. The van der Waals surface area contributed by atoms with Crippen molar-refractivity contribution >= 4 is 41.1 Å². The molecular weight excluding hydrogens is 576 g/mol. The minimum absolute atomic E-state index is 0.125. The first-order valence-electron chi connectivity index (χ1n) is 13.7. The van der Waals surface area contributed by atoms with E-state index < -0.39 is 41.9 Å². The van der Waals surface area contributed by atoms with Crippen molar-refractivity contribution in [3.8, 4) is 5.75 Å². The highest BCUT2D eigenvalue weighted by atomic mass is 35.5. The molecule has 1 fully saturated rings. The maximum atomic E-state index is 14.3. The fraction of sp³-hybridized carbons (Fsp3) is 0.323. The third kappa shape index (κ3) is 6.56. The summed E-state index contributed by atoms with van der Waals surface area (Å²) in [5.74, 6) is -1.60. The van der Waals surface area contributed by atoms with E-state index in [1.165, 1.54) is 28.2 Å². The summed E-state index contributed by atoms with van der Waals surface area (Å²) in [6, 6.07) is 11.8. The molecule has 1 saturated heterocycles. The van der Waals surface area contributed by atoms with Crippen molar-refractivity contribution in [2.75, 3.05) is 19.6 Å². The van der Waals surface area contributed by atoms with Gasteiger partial charge in [0.2, 0.25) is 5.91 Å². The molecule has 3 aromatic rings. The van der Waals surface area contributed by atoms with Crippen molar-refractivity contribution in [1.82, 2.24) is 15.1 Å². The van der Waals surface area contributed by atoms with Crippen LogP contribution in [0.3, 0.4) is 0 Å². The smallest absolute Gasteiger partial charge is 0.326 e. The van der Waals surface area contributed by atoms with Crippen LogP contribution in [-0.4, -0.2) is 69.7 Å². The van der Waals surface area contributed by atoms with Gasteiger partial charge in [-0.1, -0.05) is 29.8 Å². The van der Waals surface area contributed by atoms with Gasteiger partial charge in [0.1, 0.15) is 36.2 Å². The number of carbonyl (C=O) groups excluding carboxylic acids is 3. The molecule has 11 nitrogen and oxygen atoms in total. The van der Waals surface area contributed by atoms with Gasteiger partial charge in [-0.2, -0.15) is 0 Å². The number of hydrogen-bond donors (Lipinski definition) is 2. The zero-order valence-corrected chi connectivity index (χ0v) is 24.6. The molecule has 0 bridgehead atoms. The van der Waals surface area contributed by atoms with Gasteiger partial charge in [-0.25, -0.2) is 4.79 Å². The standard InChI is InChI=1S/C31H31ClN4O7/c1-31(2,3)43-24-14-19(23(37)15-26(39)40)6-9-22(24)29-34-27(18-4-7-21(32)8-5-18)28(20-10-13-42-17-20)36(29)30(41)35-12-11-33-25(38)16-35/h4-10,13-14,17,27-28H,11-12,15-16H2,1-3H3,(H,33,38)(H,39,40)/t27-,28+/m0/s1. The van der Waals surface area contributed by atoms with E-state index in [9.17, 15) is 24.3 Å². The highest BCUT2D eigenvalue weighted by Crippen LogP contribution is 2.45. The lowest BCUT2D eigenvalue weighted by molar-refractivity contribution is -0.136. The zero-order chi connectivity index (χ0) is 30.9. The van der Waals surface area contributed by atoms with Gasteiger partial charge in [-0.15, -0.1) is 0 Å². The number of piperazine rings is 1. The molecule has 3 amide bonds. The van der Waals surface area contributed by atoms with Crippen LogP contribution in [0.4, 0.5) is 4.79 Å². The number of nitrogens with one attached hydrogen (secondary N) is 1. The van der Waals surface area contributed by atoms with Gasteiger partial charge in [-0.05, 0) is 56.7 Å². The molecule has 12 heteroatoms. The van der Waals surface area contributed by atoms with Crippen LogP contribution in [0.25, 0.3) is 0 Å². The van der Waals surface area contributed by atoms with Gasteiger partial charge in [0.05, 0.1) is 24.1 Å². The van der Waals surface area contributed by atoms with Crippen molar-refractivity contribution in [2.45, 2.75) is 44.9 Å². The Morgan fingerprint density at radius 2 is 1.86 bits per heavy atom. The largest absolute Gasteiger partial charge is 0.487 e. The Bertz CT molecular complexity index is 1580. The summed E-state index contributed by atoms with van der Waals surface area (Å²) in [6.07, 6.45) is 2.38. The number of Topliss-reactive ketones (excluding diaryl/α,β-unsaturated/α-hetero) is 1. The molecule has 2 aromatic carbocycles. The first-order chi connectivity index (χ1) is 20.4. The van der Waals surface area contributed by atoms with E-state index in [2.05, 4.69) is 5.32 Å². The maximum absolute atomic E-state index is 14.3. The Morgan fingerprint density at radius 1 is 1.12 bits per heavy atom. The summed E-state index contributed by atoms with van der Waals surface area (Å²) < 4.78 is 11.7. The lowest BCUT2D eigenvalue weighted by Crippen LogP contribution is -2.55. The molecule has 43 heavy (non-hydrogen) atoms. The highest BCUT2D eigenvalue weighted by Gasteiger charge is 2.45. The van der Waals surface area contributed by atoms with Crippen LogP contribution >= 0.6 is 11.6 Å². The number of rotatable bonds is 7. The third-order valence-corrected chi connectivity index (χ3v) is 7.20. The molecule has 5 rings (SSSR count). The Morgan fingerprint density at radius 3 is 2.49 bits per heavy atom. The molecular formula is C31H31ClN4O7. The van der Waals surface area contributed by atoms with Crippen molar-refractivity contribution in [2.24, 2.45) is 4.99 Å². The van der Waals surface area contributed by atoms with Crippen molar-refractivity contribution in [3.05, 3.63) is 88.3 Å². The summed E-state index contributed by atoms with van der Waals surface area (Å²) in [7, 11) is 0. The van der Waals surface area contributed by atoms with E-state index in [-0.39, 0.29) is 29.6 Å². The summed E-state index contributed by atoms with van der Waals surface area (Å²) in [5, 5.41) is 12.5. The van der Waals surface area contributed by atoms with Gasteiger partial charge in [0, 0.05) is 29.2 Å². The van der Waals surface area contributed by atoms with Crippen molar-refractivity contribution < 1.29 is 33.4 Å². The van der Waals surface area contributed by atoms with Crippen LogP contribution in [0.15, 0.2) is 70.5 Å². The number of carboxylic acid groups (broad SMARTS) is 1. The van der Waals surface area contributed by atoms with Crippen LogP contribution in [0.2, 0.25) is 5.02 Å². The first kappa shape index (κ1) is 29.8. The zero-order valence-electron chi connectivity index (χ0n) is 23.9. The molecule has 224 valence electrons. The fourth-order valence-electron chi connectivity index (χ4n) is 5.13. The van der Waals surface area contributed by atoms with Crippen LogP contribution in [0, 0.1) is 0 Å². The first-order valence-corrected chi connectivity index (χ1v) is 14.1. The second-order valence-corrected chi connectivity index (χ2v) is 11.7. The maximum Gasteiger partial charge on any atom is 0.326 e. The normalized spacial score (nSPS) is 18.7. The molecule has 0 unspecified atom stereocenters. The number of urea groups is 1. The predicted octanol–water partition coefficient (Wildman–Crippen LogP) is 4.86. The topological polar surface area (TPSA) is 142 Å².